The lowest BCUT2D eigenvalue weighted by molar-refractivity contribution is -0.384. The molecular weight excluding hydrogens is 292 g/mol. The lowest BCUT2D eigenvalue weighted by Gasteiger charge is -2.16. The number of anilines is 1. The lowest BCUT2D eigenvalue weighted by Crippen LogP contribution is -2.29. The van der Waals surface area contributed by atoms with Crippen molar-refractivity contribution >= 4 is 27.3 Å². The van der Waals surface area contributed by atoms with E-state index in [2.05, 4.69) is 21.2 Å². The molecule has 0 saturated heterocycles. The molecule has 0 fully saturated rings. The van der Waals surface area contributed by atoms with Gasteiger partial charge in [0, 0.05) is 17.6 Å². The van der Waals surface area contributed by atoms with Crippen LogP contribution in [0.25, 0.3) is 0 Å². The third kappa shape index (κ3) is 3.95. The molecule has 1 atom stereocenters. The van der Waals surface area contributed by atoms with Crippen molar-refractivity contribution in [3.63, 3.8) is 0 Å². The van der Waals surface area contributed by atoms with E-state index in [1.807, 2.05) is 0 Å². The fourth-order valence-electron chi connectivity index (χ4n) is 1.34. The number of halogens is 1. The average molecular weight is 305 g/mol. The van der Waals surface area contributed by atoms with Crippen LogP contribution in [-0.4, -0.2) is 36.4 Å². The number of methoxy groups -OCH3 is 1. The largest absolute Gasteiger partial charge is 0.394 e. The molecule has 0 radical (unpaired) electrons. The van der Waals surface area contributed by atoms with E-state index < -0.39 is 4.92 Å². The first-order valence-electron chi connectivity index (χ1n) is 4.88. The highest BCUT2D eigenvalue weighted by atomic mass is 79.9. The Morgan fingerprint density at radius 1 is 1.65 bits per heavy atom. The topological polar surface area (TPSA) is 84.6 Å². The minimum atomic E-state index is -0.478. The molecule has 7 heteroatoms. The fourth-order valence-corrected chi connectivity index (χ4v) is 1.69. The normalized spacial score (nSPS) is 12.2. The Hall–Kier alpha value is -1.18. The molecule has 1 unspecified atom stereocenters. The highest BCUT2D eigenvalue weighted by Crippen LogP contribution is 2.28. The smallest absolute Gasteiger partial charge is 0.293 e. The number of benzene rings is 1. The first-order chi connectivity index (χ1) is 8.08. The van der Waals surface area contributed by atoms with Crippen LogP contribution in [-0.2, 0) is 4.74 Å². The lowest BCUT2D eigenvalue weighted by atomic mass is 10.2. The molecule has 0 aliphatic carbocycles. The fraction of sp³-hybridized carbons (Fsp3) is 0.400. The molecule has 0 amide bonds. The van der Waals surface area contributed by atoms with Crippen molar-refractivity contribution in [3.05, 3.63) is 32.8 Å². The number of hydrogen-bond acceptors (Lipinski definition) is 5. The minimum Gasteiger partial charge on any atom is -0.394 e. The Labute approximate surface area is 107 Å². The summed E-state index contributed by atoms with van der Waals surface area (Å²) >= 11 is 3.17. The van der Waals surface area contributed by atoms with Gasteiger partial charge in [-0.15, -0.1) is 0 Å². The van der Waals surface area contributed by atoms with Gasteiger partial charge in [0.05, 0.1) is 24.2 Å². The van der Waals surface area contributed by atoms with Crippen molar-refractivity contribution in [1.82, 2.24) is 0 Å². The predicted octanol–water partition coefficient (Wildman–Crippen LogP) is 1.78. The first kappa shape index (κ1) is 13.9. The summed E-state index contributed by atoms with van der Waals surface area (Å²) in [5.74, 6) is 0. The van der Waals surface area contributed by atoms with E-state index in [4.69, 9.17) is 9.84 Å². The number of nitro benzene ring substituents is 1. The zero-order valence-electron chi connectivity index (χ0n) is 9.22. The molecule has 0 aromatic heterocycles. The van der Waals surface area contributed by atoms with E-state index in [-0.39, 0.29) is 24.9 Å². The van der Waals surface area contributed by atoms with Crippen LogP contribution in [0.5, 0.6) is 0 Å². The summed E-state index contributed by atoms with van der Waals surface area (Å²) in [5.41, 5.74) is 0.309. The van der Waals surface area contributed by atoms with Crippen molar-refractivity contribution in [2.24, 2.45) is 0 Å². The number of hydrogen-bond donors (Lipinski definition) is 2. The Kier molecular flexibility index (Phi) is 5.33. The van der Waals surface area contributed by atoms with Crippen molar-refractivity contribution in [3.8, 4) is 0 Å². The zero-order valence-corrected chi connectivity index (χ0v) is 10.8. The van der Waals surface area contributed by atoms with E-state index in [9.17, 15) is 10.1 Å². The Bertz CT molecular complexity index is 400. The quantitative estimate of drug-likeness (QED) is 0.618. The van der Waals surface area contributed by atoms with Gasteiger partial charge < -0.3 is 15.2 Å². The first-order valence-corrected chi connectivity index (χ1v) is 5.68. The number of rotatable bonds is 6. The monoisotopic (exact) mass is 304 g/mol. The maximum atomic E-state index is 10.9. The van der Waals surface area contributed by atoms with Gasteiger partial charge in [-0.05, 0) is 12.1 Å². The summed E-state index contributed by atoms with van der Waals surface area (Å²) in [7, 11) is 1.50. The standard InChI is InChI=1S/C10H13BrN2O4/c1-17-6-8(5-14)12-9-3-2-7(11)4-10(9)13(15)16/h2-4,8,12,14H,5-6H2,1H3. The van der Waals surface area contributed by atoms with Crippen LogP contribution in [0.15, 0.2) is 22.7 Å². The van der Waals surface area contributed by atoms with Gasteiger partial charge in [-0.1, -0.05) is 15.9 Å². The molecule has 0 aliphatic heterocycles. The summed E-state index contributed by atoms with van der Waals surface area (Å²) in [6.45, 7) is 0.102. The zero-order chi connectivity index (χ0) is 12.8. The summed E-state index contributed by atoms with van der Waals surface area (Å²) in [6, 6.07) is 4.31. The molecule has 1 aromatic carbocycles. The van der Waals surface area contributed by atoms with Gasteiger partial charge in [0.1, 0.15) is 5.69 Å². The van der Waals surface area contributed by atoms with E-state index in [1.165, 1.54) is 13.2 Å². The van der Waals surface area contributed by atoms with E-state index in [1.54, 1.807) is 12.1 Å². The molecule has 0 bridgehead atoms. The second-order valence-corrected chi connectivity index (χ2v) is 4.31. The second kappa shape index (κ2) is 6.53. The van der Waals surface area contributed by atoms with Crippen molar-refractivity contribution in [1.29, 1.82) is 0 Å². The third-order valence-electron chi connectivity index (χ3n) is 2.10. The molecule has 1 aromatic rings. The number of nitro groups is 1. The van der Waals surface area contributed by atoms with Crippen LogP contribution in [0.4, 0.5) is 11.4 Å². The Morgan fingerprint density at radius 2 is 2.35 bits per heavy atom. The molecule has 6 nitrogen and oxygen atoms in total. The molecule has 94 valence electrons. The van der Waals surface area contributed by atoms with E-state index >= 15 is 0 Å². The van der Waals surface area contributed by atoms with Crippen LogP contribution in [0.2, 0.25) is 0 Å². The SMILES string of the molecule is COCC(CO)Nc1ccc(Br)cc1[N+](=O)[O-]. The van der Waals surface area contributed by atoms with Gasteiger partial charge in [0.15, 0.2) is 0 Å². The summed E-state index contributed by atoms with van der Waals surface area (Å²) in [5, 5.41) is 22.8. The van der Waals surface area contributed by atoms with Gasteiger partial charge in [0.25, 0.3) is 5.69 Å². The molecular formula is C10H13BrN2O4. The Morgan fingerprint density at radius 3 is 2.88 bits per heavy atom. The van der Waals surface area contributed by atoms with Crippen LogP contribution >= 0.6 is 15.9 Å². The molecule has 2 N–H and O–H groups in total. The van der Waals surface area contributed by atoms with Crippen LogP contribution < -0.4 is 5.32 Å². The van der Waals surface area contributed by atoms with Gasteiger partial charge in [-0.3, -0.25) is 10.1 Å². The number of nitrogens with zero attached hydrogens (tertiary/aromatic N) is 1. The van der Waals surface area contributed by atoms with Crippen LogP contribution in [0.1, 0.15) is 0 Å². The summed E-state index contributed by atoms with van der Waals surface area (Å²) in [4.78, 5) is 10.4. The molecule has 17 heavy (non-hydrogen) atoms. The number of nitrogens with one attached hydrogen (secondary N) is 1. The summed E-state index contributed by atoms with van der Waals surface area (Å²) < 4.78 is 5.52. The minimum absolute atomic E-state index is 0.0473. The molecule has 0 saturated carbocycles. The third-order valence-corrected chi connectivity index (χ3v) is 2.60. The number of aliphatic hydroxyl groups excluding tert-OH is 1. The molecule has 0 spiro atoms. The predicted molar refractivity (Wildman–Crippen MR) is 67.2 cm³/mol. The van der Waals surface area contributed by atoms with Gasteiger partial charge in [-0.2, -0.15) is 0 Å². The van der Waals surface area contributed by atoms with Crippen molar-refractivity contribution in [2.75, 3.05) is 25.6 Å². The molecule has 1 rings (SSSR count). The Balaban J connectivity index is 2.92. The maximum absolute atomic E-state index is 10.9. The average Bonchev–Trinajstić information content (AvgIpc) is 2.30. The number of ether oxygens (including phenoxy) is 1. The number of aliphatic hydroxyl groups is 1. The van der Waals surface area contributed by atoms with Gasteiger partial charge in [0.2, 0.25) is 0 Å². The molecule has 0 heterocycles. The molecule has 0 aliphatic rings. The highest BCUT2D eigenvalue weighted by molar-refractivity contribution is 9.10. The van der Waals surface area contributed by atoms with E-state index in [0.29, 0.717) is 10.2 Å². The van der Waals surface area contributed by atoms with Crippen molar-refractivity contribution in [2.45, 2.75) is 6.04 Å². The maximum Gasteiger partial charge on any atom is 0.293 e. The van der Waals surface area contributed by atoms with E-state index in [0.717, 1.165) is 0 Å². The van der Waals surface area contributed by atoms with Crippen molar-refractivity contribution < 1.29 is 14.8 Å². The van der Waals surface area contributed by atoms with Crippen LogP contribution in [0, 0.1) is 10.1 Å². The van der Waals surface area contributed by atoms with Gasteiger partial charge in [-0.25, -0.2) is 0 Å². The summed E-state index contributed by atoms with van der Waals surface area (Å²) in [6.07, 6.45) is 0. The highest BCUT2D eigenvalue weighted by Gasteiger charge is 2.17. The van der Waals surface area contributed by atoms with Gasteiger partial charge >= 0.3 is 0 Å². The second-order valence-electron chi connectivity index (χ2n) is 3.40. The van der Waals surface area contributed by atoms with Crippen LogP contribution in [0.3, 0.4) is 0 Å².